The maximum Gasteiger partial charge on any atom is 0.341 e. The Morgan fingerprint density at radius 3 is 2.78 bits per heavy atom. The van der Waals surface area contributed by atoms with Gasteiger partial charge in [-0.05, 0) is 31.2 Å². The van der Waals surface area contributed by atoms with E-state index >= 15 is 0 Å². The second-order valence-electron chi connectivity index (χ2n) is 6.07. The van der Waals surface area contributed by atoms with Gasteiger partial charge in [0.2, 0.25) is 5.91 Å². The summed E-state index contributed by atoms with van der Waals surface area (Å²) in [6.45, 7) is -0.399. The highest BCUT2D eigenvalue weighted by Gasteiger charge is 2.27. The van der Waals surface area contributed by atoms with Crippen molar-refractivity contribution in [1.82, 2.24) is 4.57 Å². The van der Waals surface area contributed by atoms with Gasteiger partial charge in [-0.25, -0.2) is 4.79 Å². The number of nitrogens with one attached hydrogen (secondary N) is 1. The number of pyridine rings is 1. The highest BCUT2D eigenvalue weighted by Crippen LogP contribution is 2.38. The quantitative estimate of drug-likeness (QED) is 0.473. The van der Waals surface area contributed by atoms with Crippen LogP contribution < -0.4 is 10.9 Å². The third-order valence-corrected chi connectivity index (χ3v) is 5.51. The molecular formula is C17H17N3O6S. The molecule has 0 saturated heterocycles. The number of fused-ring (bicyclic) bond motifs is 1. The van der Waals surface area contributed by atoms with Crippen molar-refractivity contribution >= 4 is 33.9 Å². The van der Waals surface area contributed by atoms with E-state index in [1.165, 1.54) is 18.4 Å². The fourth-order valence-electron chi connectivity index (χ4n) is 3.04. The predicted molar refractivity (Wildman–Crippen MR) is 98.3 cm³/mol. The number of anilines is 1. The average Bonchev–Trinajstić information content (AvgIpc) is 3.00. The lowest BCUT2D eigenvalue weighted by molar-refractivity contribution is -0.385. The summed E-state index contributed by atoms with van der Waals surface area (Å²) >= 11 is 1.33. The van der Waals surface area contributed by atoms with Gasteiger partial charge in [-0.1, -0.05) is 0 Å². The van der Waals surface area contributed by atoms with Gasteiger partial charge in [0.15, 0.2) is 0 Å². The number of thiophene rings is 1. The number of hydrogen-bond acceptors (Lipinski definition) is 7. The molecule has 0 spiro atoms. The molecule has 0 bridgehead atoms. The number of amides is 1. The second-order valence-corrected chi connectivity index (χ2v) is 7.17. The first kappa shape index (κ1) is 18.8. The van der Waals surface area contributed by atoms with Gasteiger partial charge in [-0.3, -0.25) is 24.3 Å². The molecule has 1 amide bonds. The molecule has 1 aliphatic carbocycles. The fourth-order valence-corrected chi connectivity index (χ4v) is 4.34. The third-order valence-electron chi connectivity index (χ3n) is 4.31. The van der Waals surface area contributed by atoms with Crippen LogP contribution in [-0.2, 0) is 28.9 Å². The Bertz CT molecular complexity index is 978. The summed E-state index contributed by atoms with van der Waals surface area (Å²) in [7, 11) is 1.28. The maximum absolute atomic E-state index is 12.4. The Morgan fingerprint density at radius 1 is 1.33 bits per heavy atom. The molecule has 2 aromatic heterocycles. The number of ether oxygens (including phenoxy) is 1. The topological polar surface area (TPSA) is 121 Å². The molecule has 9 nitrogen and oxygen atoms in total. The average molecular weight is 391 g/mol. The van der Waals surface area contributed by atoms with Gasteiger partial charge in [-0.15, -0.1) is 11.3 Å². The number of esters is 1. The third kappa shape index (κ3) is 3.90. The lowest BCUT2D eigenvalue weighted by Gasteiger charge is -2.12. The Balaban J connectivity index is 1.86. The van der Waals surface area contributed by atoms with Crippen LogP contribution in [-0.4, -0.2) is 28.5 Å². The molecule has 2 aromatic rings. The fraction of sp³-hybridized carbons (Fsp3) is 0.353. The standard InChI is InChI=1S/C17H17N3O6S/c1-26-17(23)15-11-4-2-3-5-12(11)27-16(15)18-13(21)9-19-8-10(20(24)25)6-7-14(19)22/h6-8H,2-5,9H2,1H3,(H,18,21). The van der Waals surface area contributed by atoms with Gasteiger partial charge in [0.25, 0.3) is 11.2 Å². The Labute approximate surface area is 157 Å². The van der Waals surface area contributed by atoms with Crippen molar-refractivity contribution in [3.05, 3.63) is 54.8 Å². The van der Waals surface area contributed by atoms with Crippen molar-refractivity contribution in [2.24, 2.45) is 0 Å². The van der Waals surface area contributed by atoms with Crippen molar-refractivity contribution in [3.8, 4) is 0 Å². The van der Waals surface area contributed by atoms with E-state index in [0.29, 0.717) is 10.6 Å². The lowest BCUT2D eigenvalue weighted by atomic mass is 9.95. The molecule has 142 valence electrons. The monoisotopic (exact) mass is 391 g/mol. The molecule has 0 unspecified atom stereocenters. The normalized spacial score (nSPS) is 12.9. The Hall–Kier alpha value is -3.01. The number of hydrogen-bond donors (Lipinski definition) is 1. The first-order valence-corrected chi connectivity index (χ1v) is 9.10. The van der Waals surface area contributed by atoms with Gasteiger partial charge < -0.3 is 10.1 Å². The minimum atomic E-state index is -0.642. The zero-order valence-electron chi connectivity index (χ0n) is 14.5. The van der Waals surface area contributed by atoms with Crippen LogP contribution in [0.25, 0.3) is 0 Å². The number of nitro groups is 1. The number of rotatable bonds is 5. The van der Waals surface area contributed by atoms with Gasteiger partial charge in [0, 0.05) is 17.0 Å². The van der Waals surface area contributed by atoms with E-state index in [-0.39, 0.29) is 5.69 Å². The number of carbonyl (C=O) groups is 2. The molecule has 1 N–H and O–H groups in total. The molecule has 3 rings (SSSR count). The molecule has 0 fully saturated rings. The summed E-state index contributed by atoms with van der Waals surface area (Å²) < 4.78 is 5.81. The molecule has 27 heavy (non-hydrogen) atoms. The van der Waals surface area contributed by atoms with Crippen LogP contribution in [0, 0.1) is 10.1 Å². The molecule has 10 heteroatoms. The van der Waals surface area contributed by atoms with E-state index in [1.807, 2.05) is 0 Å². The van der Waals surface area contributed by atoms with Crippen molar-refractivity contribution in [2.45, 2.75) is 32.2 Å². The molecular weight excluding hydrogens is 374 g/mol. The van der Waals surface area contributed by atoms with Crippen LogP contribution in [0.1, 0.15) is 33.6 Å². The smallest absolute Gasteiger partial charge is 0.341 e. The summed E-state index contributed by atoms with van der Waals surface area (Å²) in [5.74, 6) is -1.07. The number of aryl methyl sites for hydroxylation is 1. The first-order chi connectivity index (χ1) is 12.9. The zero-order chi connectivity index (χ0) is 19.6. The number of nitrogens with zero attached hydrogens (tertiary/aromatic N) is 2. The van der Waals surface area contributed by atoms with Crippen molar-refractivity contribution in [2.75, 3.05) is 12.4 Å². The van der Waals surface area contributed by atoms with Crippen LogP contribution >= 0.6 is 11.3 Å². The largest absolute Gasteiger partial charge is 0.465 e. The summed E-state index contributed by atoms with van der Waals surface area (Å²) in [5.41, 5.74) is 0.441. The molecule has 0 aliphatic heterocycles. The van der Waals surface area contributed by atoms with E-state index in [0.717, 1.165) is 59.0 Å². The maximum atomic E-state index is 12.4. The highest BCUT2D eigenvalue weighted by atomic mass is 32.1. The Kier molecular flexibility index (Phi) is 5.36. The zero-order valence-corrected chi connectivity index (χ0v) is 15.3. The van der Waals surface area contributed by atoms with Crippen LogP contribution in [0.3, 0.4) is 0 Å². The van der Waals surface area contributed by atoms with Crippen LogP contribution in [0.2, 0.25) is 0 Å². The highest BCUT2D eigenvalue weighted by molar-refractivity contribution is 7.17. The summed E-state index contributed by atoms with van der Waals surface area (Å²) in [5, 5.41) is 13.9. The van der Waals surface area contributed by atoms with Crippen molar-refractivity contribution in [3.63, 3.8) is 0 Å². The minimum Gasteiger partial charge on any atom is -0.465 e. The van der Waals surface area contributed by atoms with Gasteiger partial charge in [0.05, 0.1) is 23.8 Å². The summed E-state index contributed by atoms with van der Waals surface area (Å²) in [4.78, 5) is 47.7. The summed E-state index contributed by atoms with van der Waals surface area (Å²) in [6.07, 6.45) is 4.58. The molecule has 0 atom stereocenters. The molecule has 0 aromatic carbocycles. The molecule has 0 saturated carbocycles. The van der Waals surface area contributed by atoms with Crippen LogP contribution in [0.15, 0.2) is 23.1 Å². The van der Waals surface area contributed by atoms with Crippen molar-refractivity contribution in [1.29, 1.82) is 0 Å². The van der Waals surface area contributed by atoms with Crippen LogP contribution in [0.4, 0.5) is 10.7 Å². The van der Waals surface area contributed by atoms with E-state index in [4.69, 9.17) is 4.74 Å². The van der Waals surface area contributed by atoms with Crippen molar-refractivity contribution < 1.29 is 19.2 Å². The van der Waals surface area contributed by atoms with Gasteiger partial charge in [0.1, 0.15) is 11.5 Å². The first-order valence-electron chi connectivity index (χ1n) is 8.28. The summed E-state index contributed by atoms with van der Waals surface area (Å²) in [6, 6.07) is 2.12. The van der Waals surface area contributed by atoms with E-state index in [2.05, 4.69) is 5.32 Å². The minimum absolute atomic E-state index is 0.288. The molecule has 1 aliphatic rings. The van der Waals surface area contributed by atoms with E-state index in [1.54, 1.807) is 0 Å². The van der Waals surface area contributed by atoms with Gasteiger partial charge >= 0.3 is 5.97 Å². The Morgan fingerprint density at radius 2 is 2.07 bits per heavy atom. The number of methoxy groups -OCH3 is 1. The van der Waals surface area contributed by atoms with Gasteiger partial charge in [-0.2, -0.15) is 0 Å². The van der Waals surface area contributed by atoms with E-state index in [9.17, 15) is 24.5 Å². The number of carbonyl (C=O) groups excluding carboxylic acids is 2. The molecule has 2 heterocycles. The SMILES string of the molecule is COC(=O)c1c(NC(=O)Cn2cc([N+](=O)[O-])ccc2=O)sc2c1CCCC2. The molecule has 0 radical (unpaired) electrons. The van der Waals surface area contributed by atoms with E-state index < -0.39 is 28.9 Å². The van der Waals surface area contributed by atoms with Crippen LogP contribution in [0.5, 0.6) is 0 Å². The number of aromatic nitrogens is 1. The second kappa shape index (κ2) is 7.70. The predicted octanol–water partition coefficient (Wildman–Crippen LogP) is 2.12. The lowest BCUT2D eigenvalue weighted by Crippen LogP contribution is -2.27.